The third kappa shape index (κ3) is 5.79. The number of rotatable bonds is 7. The van der Waals surface area contributed by atoms with Gasteiger partial charge in [-0.2, -0.15) is 0 Å². The molecule has 2 aliphatic heterocycles. The van der Waals surface area contributed by atoms with E-state index in [1.165, 1.54) is 5.56 Å². The zero-order chi connectivity index (χ0) is 19.9. The lowest BCUT2D eigenvalue weighted by atomic mass is 9.96. The summed E-state index contributed by atoms with van der Waals surface area (Å²) in [5.74, 6) is -0.0718. The summed E-state index contributed by atoms with van der Waals surface area (Å²) in [6.45, 7) is 6.55. The van der Waals surface area contributed by atoms with Gasteiger partial charge in [-0.3, -0.25) is 14.5 Å². The van der Waals surface area contributed by atoms with Crippen molar-refractivity contribution in [1.82, 2.24) is 14.7 Å². The van der Waals surface area contributed by atoms with Crippen LogP contribution in [-0.2, 0) is 11.3 Å². The first kappa shape index (κ1) is 20.8. The standard InChI is InChI=1S/C22H33N4O2/c1-24(15-16-25-11-3-2-4-12-25)22(28)20-7-5-18(6-8-20)17-26-13-9-19(10-14-26)21(23)27/h2,5-8,19H,3-4,9-17H2,1H3,(H2,23,27). The highest BCUT2D eigenvalue weighted by molar-refractivity contribution is 5.94. The Bertz CT molecular complexity index is 647. The van der Waals surface area contributed by atoms with Crippen molar-refractivity contribution in [2.45, 2.75) is 32.2 Å². The van der Waals surface area contributed by atoms with Gasteiger partial charge in [-0.25, -0.2) is 0 Å². The van der Waals surface area contributed by atoms with E-state index < -0.39 is 0 Å². The number of benzene rings is 1. The summed E-state index contributed by atoms with van der Waals surface area (Å²) in [4.78, 5) is 30.5. The van der Waals surface area contributed by atoms with Gasteiger partial charge in [0.05, 0.1) is 0 Å². The lowest BCUT2D eigenvalue weighted by Gasteiger charge is -2.30. The van der Waals surface area contributed by atoms with Gasteiger partial charge in [0.2, 0.25) is 5.91 Å². The van der Waals surface area contributed by atoms with Crippen molar-refractivity contribution in [3.63, 3.8) is 0 Å². The van der Waals surface area contributed by atoms with Crippen molar-refractivity contribution < 1.29 is 9.59 Å². The molecular weight excluding hydrogens is 352 g/mol. The van der Waals surface area contributed by atoms with Gasteiger partial charge in [-0.05, 0) is 76.0 Å². The molecule has 2 amide bonds. The molecule has 0 spiro atoms. The van der Waals surface area contributed by atoms with Crippen molar-refractivity contribution in [1.29, 1.82) is 0 Å². The number of nitrogens with two attached hydrogens (primary N) is 1. The topological polar surface area (TPSA) is 69.9 Å². The van der Waals surface area contributed by atoms with Crippen LogP contribution in [0.5, 0.6) is 0 Å². The quantitative estimate of drug-likeness (QED) is 0.776. The lowest BCUT2D eigenvalue weighted by molar-refractivity contribution is -0.123. The molecule has 0 atom stereocenters. The summed E-state index contributed by atoms with van der Waals surface area (Å²) < 4.78 is 0. The Hall–Kier alpha value is -1.92. The van der Waals surface area contributed by atoms with Crippen molar-refractivity contribution in [2.24, 2.45) is 11.7 Å². The molecule has 1 aromatic carbocycles. The molecule has 3 rings (SSSR count). The number of hydrogen-bond donors (Lipinski definition) is 1. The Balaban J connectivity index is 1.45. The van der Waals surface area contributed by atoms with Gasteiger partial charge in [-0.1, -0.05) is 12.1 Å². The molecule has 2 saturated heterocycles. The molecule has 1 radical (unpaired) electrons. The molecule has 6 nitrogen and oxygen atoms in total. The highest BCUT2D eigenvalue weighted by atomic mass is 16.2. The Morgan fingerprint density at radius 1 is 1.04 bits per heavy atom. The van der Waals surface area contributed by atoms with E-state index in [1.807, 2.05) is 36.2 Å². The number of nitrogens with zero attached hydrogens (tertiary/aromatic N) is 3. The van der Waals surface area contributed by atoms with Gasteiger partial charge in [0, 0.05) is 38.2 Å². The third-order valence-corrected chi connectivity index (χ3v) is 5.99. The van der Waals surface area contributed by atoms with E-state index in [-0.39, 0.29) is 17.7 Å². The van der Waals surface area contributed by atoms with Crippen LogP contribution >= 0.6 is 0 Å². The predicted molar refractivity (Wildman–Crippen MR) is 111 cm³/mol. The molecule has 2 fully saturated rings. The minimum absolute atomic E-state index is 0.0230. The number of piperidine rings is 2. The second-order valence-electron chi connectivity index (χ2n) is 8.08. The molecular formula is C22H33N4O2. The third-order valence-electron chi connectivity index (χ3n) is 5.99. The molecule has 153 valence electrons. The summed E-state index contributed by atoms with van der Waals surface area (Å²) in [5.41, 5.74) is 7.34. The molecule has 1 aromatic rings. The summed E-state index contributed by atoms with van der Waals surface area (Å²) in [6, 6.07) is 7.95. The minimum atomic E-state index is -0.176. The number of amides is 2. The molecule has 2 heterocycles. The molecule has 0 saturated carbocycles. The number of primary amides is 1. The molecule has 0 aliphatic carbocycles. The molecule has 2 aliphatic rings. The van der Waals surface area contributed by atoms with Crippen LogP contribution in [0.15, 0.2) is 24.3 Å². The van der Waals surface area contributed by atoms with Crippen LogP contribution in [0.1, 0.15) is 41.6 Å². The first-order valence-electron chi connectivity index (χ1n) is 10.4. The van der Waals surface area contributed by atoms with E-state index in [4.69, 9.17) is 5.73 Å². The van der Waals surface area contributed by atoms with Crippen LogP contribution in [0, 0.1) is 12.3 Å². The predicted octanol–water partition coefficient (Wildman–Crippen LogP) is 1.76. The molecule has 0 unspecified atom stereocenters. The fraction of sp³-hybridized carbons (Fsp3) is 0.591. The van der Waals surface area contributed by atoms with Crippen LogP contribution < -0.4 is 5.73 Å². The van der Waals surface area contributed by atoms with Crippen molar-refractivity contribution in [3.05, 3.63) is 41.8 Å². The summed E-state index contributed by atoms with van der Waals surface area (Å²) in [5, 5.41) is 0. The Morgan fingerprint density at radius 3 is 2.29 bits per heavy atom. The summed E-state index contributed by atoms with van der Waals surface area (Å²) in [6.07, 6.45) is 6.32. The number of hydrogen-bond acceptors (Lipinski definition) is 4. The Kier molecular flexibility index (Phi) is 7.45. The van der Waals surface area contributed by atoms with Gasteiger partial charge < -0.3 is 15.5 Å². The fourth-order valence-electron chi connectivity index (χ4n) is 4.03. The number of carbonyl (C=O) groups is 2. The lowest BCUT2D eigenvalue weighted by Crippen LogP contribution is -2.38. The maximum atomic E-state index is 12.7. The monoisotopic (exact) mass is 385 g/mol. The average Bonchev–Trinajstić information content (AvgIpc) is 2.73. The Morgan fingerprint density at radius 2 is 1.68 bits per heavy atom. The Labute approximate surface area is 168 Å². The van der Waals surface area contributed by atoms with E-state index in [0.29, 0.717) is 0 Å². The average molecular weight is 386 g/mol. The fourth-order valence-corrected chi connectivity index (χ4v) is 4.03. The van der Waals surface area contributed by atoms with Crippen LogP contribution in [0.3, 0.4) is 0 Å². The van der Waals surface area contributed by atoms with E-state index in [1.54, 1.807) is 0 Å². The van der Waals surface area contributed by atoms with Crippen LogP contribution in [0.25, 0.3) is 0 Å². The number of carbonyl (C=O) groups excluding carboxylic acids is 2. The molecule has 28 heavy (non-hydrogen) atoms. The van der Waals surface area contributed by atoms with Crippen LogP contribution in [-0.4, -0.2) is 72.8 Å². The summed E-state index contributed by atoms with van der Waals surface area (Å²) in [7, 11) is 1.88. The largest absolute Gasteiger partial charge is 0.369 e. The molecule has 6 heteroatoms. The van der Waals surface area contributed by atoms with E-state index >= 15 is 0 Å². The van der Waals surface area contributed by atoms with E-state index in [2.05, 4.69) is 16.2 Å². The SMILES string of the molecule is CN(CCN1CC[CH]CC1)C(=O)c1ccc(CN2CCC(C(N)=O)CC2)cc1. The van der Waals surface area contributed by atoms with E-state index in [0.717, 1.165) is 77.1 Å². The van der Waals surface area contributed by atoms with Crippen molar-refractivity contribution in [2.75, 3.05) is 46.3 Å². The van der Waals surface area contributed by atoms with Gasteiger partial charge in [-0.15, -0.1) is 0 Å². The van der Waals surface area contributed by atoms with Crippen molar-refractivity contribution >= 4 is 11.8 Å². The van der Waals surface area contributed by atoms with Crippen molar-refractivity contribution in [3.8, 4) is 0 Å². The zero-order valence-electron chi connectivity index (χ0n) is 17.0. The summed E-state index contributed by atoms with van der Waals surface area (Å²) >= 11 is 0. The van der Waals surface area contributed by atoms with Gasteiger partial charge in [0.15, 0.2) is 0 Å². The second-order valence-corrected chi connectivity index (χ2v) is 8.08. The smallest absolute Gasteiger partial charge is 0.253 e. The normalized spacial score (nSPS) is 19.5. The van der Waals surface area contributed by atoms with Gasteiger partial charge >= 0.3 is 0 Å². The van der Waals surface area contributed by atoms with Gasteiger partial charge in [0.1, 0.15) is 0 Å². The molecule has 2 N–H and O–H groups in total. The van der Waals surface area contributed by atoms with Crippen LogP contribution in [0.4, 0.5) is 0 Å². The highest BCUT2D eigenvalue weighted by Crippen LogP contribution is 2.19. The first-order chi connectivity index (χ1) is 13.5. The van der Waals surface area contributed by atoms with Crippen LogP contribution in [0.2, 0.25) is 0 Å². The maximum absolute atomic E-state index is 12.7. The van der Waals surface area contributed by atoms with E-state index in [9.17, 15) is 9.59 Å². The number of likely N-dealkylation sites (N-methyl/N-ethyl adjacent to an activating group) is 1. The number of likely N-dealkylation sites (tertiary alicyclic amines) is 2. The molecule has 0 bridgehead atoms. The first-order valence-corrected chi connectivity index (χ1v) is 10.4. The highest BCUT2D eigenvalue weighted by Gasteiger charge is 2.23. The molecule has 0 aromatic heterocycles. The zero-order valence-corrected chi connectivity index (χ0v) is 17.0. The van der Waals surface area contributed by atoms with Gasteiger partial charge in [0.25, 0.3) is 5.91 Å². The second kappa shape index (κ2) is 10.0. The minimum Gasteiger partial charge on any atom is -0.369 e. The maximum Gasteiger partial charge on any atom is 0.253 e.